The Balaban J connectivity index is 1.34. The number of hydrogen-bond acceptors (Lipinski definition) is 3. The predicted octanol–water partition coefficient (Wildman–Crippen LogP) is 3.23. The third kappa shape index (κ3) is 4.37. The molecule has 1 aliphatic rings. The summed E-state index contributed by atoms with van der Waals surface area (Å²) >= 11 is 0. The highest BCUT2D eigenvalue weighted by atomic mass is 16.2. The van der Waals surface area contributed by atoms with E-state index >= 15 is 0 Å². The van der Waals surface area contributed by atoms with E-state index in [1.54, 1.807) is 7.05 Å². The summed E-state index contributed by atoms with van der Waals surface area (Å²) in [4.78, 5) is 22.5. The second-order valence-corrected chi connectivity index (χ2v) is 7.09. The van der Waals surface area contributed by atoms with Gasteiger partial charge in [0.1, 0.15) is 0 Å². The maximum Gasteiger partial charge on any atom is 0.227 e. The largest absolute Gasteiger partial charge is 0.352 e. The Hall–Kier alpha value is -3.41. The maximum absolute atomic E-state index is 11.9. The van der Waals surface area contributed by atoms with Crippen molar-refractivity contribution in [1.82, 2.24) is 15.6 Å². The molecule has 2 aromatic carbocycles. The molecular formula is C23H25N5O. The SMILES string of the molecule is CN=C(NCc1ccc(N2CCCC2=O)cc1)NCc1cccc2cccnc12. The number of benzene rings is 2. The highest BCUT2D eigenvalue weighted by Gasteiger charge is 2.21. The molecule has 0 radical (unpaired) electrons. The van der Waals surface area contributed by atoms with Gasteiger partial charge in [-0.1, -0.05) is 36.4 Å². The molecule has 1 fully saturated rings. The van der Waals surface area contributed by atoms with Gasteiger partial charge in [-0.15, -0.1) is 0 Å². The molecule has 2 heterocycles. The van der Waals surface area contributed by atoms with Crippen LogP contribution in [-0.2, 0) is 17.9 Å². The molecule has 148 valence electrons. The number of aliphatic imine (C=N–C) groups is 1. The summed E-state index contributed by atoms with van der Waals surface area (Å²) in [5.74, 6) is 0.945. The van der Waals surface area contributed by atoms with Crippen LogP contribution in [0.15, 0.2) is 65.8 Å². The van der Waals surface area contributed by atoms with Crippen LogP contribution in [0.4, 0.5) is 5.69 Å². The Labute approximate surface area is 170 Å². The summed E-state index contributed by atoms with van der Waals surface area (Å²) in [5.41, 5.74) is 4.24. The van der Waals surface area contributed by atoms with E-state index in [4.69, 9.17) is 0 Å². The third-order valence-corrected chi connectivity index (χ3v) is 5.17. The monoisotopic (exact) mass is 387 g/mol. The van der Waals surface area contributed by atoms with Crippen molar-refractivity contribution in [3.8, 4) is 0 Å². The lowest BCUT2D eigenvalue weighted by molar-refractivity contribution is -0.117. The van der Waals surface area contributed by atoms with E-state index in [0.717, 1.165) is 46.6 Å². The molecular weight excluding hydrogens is 362 g/mol. The number of guanidine groups is 1. The summed E-state index contributed by atoms with van der Waals surface area (Å²) in [6.45, 7) is 2.11. The molecule has 0 atom stereocenters. The van der Waals surface area contributed by atoms with E-state index in [1.807, 2.05) is 35.4 Å². The molecule has 2 N–H and O–H groups in total. The van der Waals surface area contributed by atoms with Gasteiger partial charge in [-0.2, -0.15) is 0 Å². The van der Waals surface area contributed by atoms with Crippen LogP contribution in [0.3, 0.4) is 0 Å². The van der Waals surface area contributed by atoms with Gasteiger partial charge in [-0.05, 0) is 35.7 Å². The van der Waals surface area contributed by atoms with Crippen molar-refractivity contribution in [2.75, 3.05) is 18.5 Å². The molecule has 0 saturated carbocycles. The first-order valence-electron chi connectivity index (χ1n) is 9.91. The van der Waals surface area contributed by atoms with Crippen LogP contribution in [-0.4, -0.2) is 30.4 Å². The molecule has 1 amide bonds. The van der Waals surface area contributed by atoms with Gasteiger partial charge >= 0.3 is 0 Å². The average Bonchev–Trinajstić information content (AvgIpc) is 3.20. The summed E-state index contributed by atoms with van der Waals surface area (Å²) in [6.07, 6.45) is 3.41. The maximum atomic E-state index is 11.9. The Kier molecular flexibility index (Phi) is 5.70. The second-order valence-electron chi connectivity index (χ2n) is 7.09. The number of para-hydroxylation sites is 1. The quantitative estimate of drug-likeness (QED) is 0.521. The van der Waals surface area contributed by atoms with Gasteiger partial charge in [0, 0.05) is 50.4 Å². The number of rotatable bonds is 5. The molecule has 1 aromatic heterocycles. The zero-order chi connectivity index (χ0) is 20.1. The number of hydrogen-bond donors (Lipinski definition) is 2. The van der Waals surface area contributed by atoms with Crippen molar-refractivity contribution < 1.29 is 4.79 Å². The molecule has 29 heavy (non-hydrogen) atoms. The summed E-state index contributed by atoms with van der Waals surface area (Å²) in [7, 11) is 1.76. The van der Waals surface area contributed by atoms with Gasteiger partial charge < -0.3 is 15.5 Å². The first-order valence-corrected chi connectivity index (χ1v) is 9.91. The minimum absolute atomic E-state index is 0.211. The van der Waals surface area contributed by atoms with Gasteiger partial charge in [0.2, 0.25) is 5.91 Å². The standard InChI is InChI=1S/C23H25N5O/c1-24-23(27-16-19-6-2-5-18-7-3-13-25-22(18)19)26-15-17-9-11-20(12-10-17)28-14-4-8-21(28)29/h2-3,5-7,9-13H,4,8,14-16H2,1H3,(H2,24,26,27). The van der Waals surface area contributed by atoms with Gasteiger partial charge in [0.15, 0.2) is 5.96 Å². The van der Waals surface area contributed by atoms with Crippen LogP contribution in [0.5, 0.6) is 0 Å². The number of pyridine rings is 1. The van der Waals surface area contributed by atoms with Crippen molar-refractivity contribution in [2.24, 2.45) is 4.99 Å². The van der Waals surface area contributed by atoms with E-state index in [2.05, 4.69) is 50.9 Å². The van der Waals surface area contributed by atoms with Crippen LogP contribution < -0.4 is 15.5 Å². The number of fused-ring (bicyclic) bond motifs is 1. The Bertz CT molecular complexity index is 1020. The molecule has 0 aliphatic carbocycles. The van der Waals surface area contributed by atoms with E-state index in [0.29, 0.717) is 19.5 Å². The number of aromatic nitrogens is 1. The Morgan fingerprint density at radius 2 is 1.86 bits per heavy atom. The van der Waals surface area contributed by atoms with Gasteiger partial charge in [-0.25, -0.2) is 0 Å². The van der Waals surface area contributed by atoms with Gasteiger partial charge in [-0.3, -0.25) is 14.8 Å². The highest BCUT2D eigenvalue weighted by molar-refractivity contribution is 5.95. The minimum atomic E-state index is 0.211. The molecule has 1 aliphatic heterocycles. The number of carbonyl (C=O) groups is 1. The molecule has 0 spiro atoms. The lowest BCUT2D eigenvalue weighted by atomic mass is 10.1. The average molecular weight is 387 g/mol. The van der Waals surface area contributed by atoms with Crippen molar-refractivity contribution in [3.05, 3.63) is 71.9 Å². The van der Waals surface area contributed by atoms with E-state index in [9.17, 15) is 4.79 Å². The lowest BCUT2D eigenvalue weighted by Gasteiger charge is -2.16. The molecule has 6 nitrogen and oxygen atoms in total. The first-order chi connectivity index (χ1) is 14.2. The highest BCUT2D eigenvalue weighted by Crippen LogP contribution is 2.21. The fraction of sp³-hybridized carbons (Fsp3) is 0.261. The van der Waals surface area contributed by atoms with Crippen molar-refractivity contribution >= 4 is 28.5 Å². The zero-order valence-electron chi connectivity index (χ0n) is 16.6. The minimum Gasteiger partial charge on any atom is -0.352 e. The normalized spacial score (nSPS) is 14.4. The van der Waals surface area contributed by atoms with Crippen LogP contribution in [0.25, 0.3) is 10.9 Å². The Morgan fingerprint density at radius 1 is 1.07 bits per heavy atom. The number of amides is 1. The second kappa shape index (κ2) is 8.73. The number of nitrogens with one attached hydrogen (secondary N) is 2. The summed E-state index contributed by atoms with van der Waals surface area (Å²) < 4.78 is 0. The van der Waals surface area contributed by atoms with Gasteiger partial charge in [0.25, 0.3) is 0 Å². The number of anilines is 1. The van der Waals surface area contributed by atoms with Crippen LogP contribution in [0.2, 0.25) is 0 Å². The van der Waals surface area contributed by atoms with Crippen molar-refractivity contribution in [1.29, 1.82) is 0 Å². The lowest BCUT2D eigenvalue weighted by Crippen LogP contribution is -2.36. The Morgan fingerprint density at radius 3 is 2.62 bits per heavy atom. The van der Waals surface area contributed by atoms with Crippen LogP contribution >= 0.6 is 0 Å². The van der Waals surface area contributed by atoms with Gasteiger partial charge in [0.05, 0.1) is 5.52 Å². The first kappa shape index (κ1) is 18.9. The number of nitrogens with zero attached hydrogens (tertiary/aromatic N) is 3. The fourth-order valence-corrected chi connectivity index (χ4v) is 3.61. The summed E-state index contributed by atoms with van der Waals surface area (Å²) in [5, 5.41) is 7.83. The smallest absolute Gasteiger partial charge is 0.227 e. The molecule has 3 aromatic rings. The van der Waals surface area contributed by atoms with Crippen molar-refractivity contribution in [2.45, 2.75) is 25.9 Å². The fourth-order valence-electron chi connectivity index (χ4n) is 3.61. The van der Waals surface area contributed by atoms with E-state index < -0.39 is 0 Å². The zero-order valence-corrected chi connectivity index (χ0v) is 16.6. The van der Waals surface area contributed by atoms with Crippen LogP contribution in [0, 0.1) is 0 Å². The topological polar surface area (TPSA) is 69.6 Å². The number of carbonyl (C=O) groups excluding carboxylic acids is 1. The molecule has 0 unspecified atom stereocenters. The third-order valence-electron chi connectivity index (χ3n) is 5.17. The summed E-state index contributed by atoms with van der Waals surface area (Å²) in [6, 6.07) is 18.3. The van der Waals surface area contributed by atoms with Crippen LogP contribution in [0.1, 0.15) is 24.0 Å². The molecule has 4 rings (SSSR count). The van der Waals surface area contributed by atoms with E-state index in [-0.39, 0.29) is 5.91 Å². The molecule has 1 saturated heterocycles. The predicted molar refractivity (Wildman–Crippen MR) is 117 cm³/mol. The molecule has 0 bridgehead atoms. The molecule has 6 heteroatoms. The van der Waals surface area contributed by atoms with E-state index in [1.165, 1.54) is 0 Å². The van der Waals surface area contributed by atoms with Crippen molar-refractivity contribution in [3.63, 3.8) is 0 Å².